The Bertz CT molecular complexity index is 639. The van der Waals surface area contributed by atoms with Gasteiger partial charge in [0, 0.05) is 39.3 Å². The lowest BCUT2D eigenvalue weighted by atomic mass is 10.1. The molecule has 0 radical (unpaired) electrons. The van der Waals surface area contributed by atoms with Crippen LogP contribution in [-0.2, 0) is 4.74 Å². The van der Waals surface area contributed by atoms with Crippen LogP contribution in [-0.4, -0.2) is 51.3 Å². The zero-order valence-electron chi connectivity index (χ0n) is 15.2. The van der Waals surface area contributed by atoms with Gasteiger partial charge in [-0.3, -0.25) is 4.90 Å². The van der Waals surface area contributed by atoms with Crippen molar-refractivity contribution in [2.45, 2.75) is 13.0 Å². The molecule has 0 N–H and O–H groups in total. The van der Waals surface area contributed by atoms with Gasteiger partial charge in [0.05, 0.1) is 18.9 Å². The zero-order valence-corrected chi connectivity index (χ0v) is 15.2. The lowest BCUT2D eigenvalue weighted by Crippen LogP contribution is -2.47. The highest BCUT2D eigenvalue weighted by Crippen LogP contribution is 2.28. The first-order valence-electron chi connectivity index (χ1n) is 9.08. The number of nitrogens with zero attached hydrogens (tertiary/aromatic N) is 2. The van der Waals surface area contributed by atoms with E-state index in [1.807, 2.05) is 12.1 Å². The summed E-state index contributed by atoms with van der Waals surface area (Å²) in [6.45, 7) is 7.83. The molecule has 1 unspecified atom stereocenters. The molecule has 134 valence electrons. The van der Waals surface area contributed by atoms with Gasteiger partial charge in [0.15, 0.2) is 0 Å². The number of anilines is 1. The highest BCUT2D eigenvalue weighted by atomic mass is 16.5. The van der Waals surface area contributed by atoms with E-state index in [1.165, 1.54) is 11.3 Å². The fourth-order valence-corrected chi connectivity index (χ4v) is 3.42. The van der Waals surface area contributed by atoms with Crippen LogP contribution in [0.15, 0.2) is 54.6 Å². The first-order chi connectivity index (χ1) is 12.3. The second-order valence-electron chi connectivity index (χ2n) is 6.31. The van der Waals surface area contributed by atoms with Gasteiger partial charge >= 0.3 is 0 Å². The molecule has 25 heavy (non-hydrogen) atoms. The maximum absolute atomic E-state index is 6.00. The van der Waals surface area contributed by atoms with E-state index >= 15 is 0 Å². The Morgan fingerprint density at radius 3 is 2.28 bits per heavy atom. The van der Waals surface area contributed by atoms with Gasteiger partial charge in [-0.25, -0.2) is 0 Å². The third-order valence-corrected chi connectivity index (χ3v) is 4.76. The Hall–Kier alpha value is -2.04. The third kappa shape index (κ3) is 4.53. The molecule has 2 aromatic rings. The Labute approximate surface area is 151 Å². The lowest BCUT2D eigenvalue weighted by molar-refractivity contribution is 0.0311. The summed E-state index contributed by atoms with van der Waals surface area (Å²) in [5.74, 6) is 0.951. The molecule has 0 saturated carbocycles. The molecular formula is C21H28N2O2. The lowest BCUT2D eigenvalue weighted by Gasteiger charge is -2.38. The number of ether oxygens (including phenoxy) is 2. The maximum atomic E-state index is 6.00. The summed E-state index contributed by atoms with van der Waals surface area (Å²) in [4.78, 5) is 4.91. The topological polar surface area (TPSA) is 24.9 Å². The monoisotopic (exact) mass is 340 g/mol. The number of benzene rings is 2. The van der Waals surface area contributed by atoms with E-state index in [9.17, 15) is 0 Å². The molecule has 0 amide bonds. The van der Waals surface area contributed by atoms with Crippen molar-refractivity contribution in [2.75, 3.05) is 51.3 Å². The number of rotatable bonds is 7. The normalized spacial score (nSPS) is 16.6. The fourth-order valence-electron chi connectivity index (χ4n) is 3.42. The van der Waals surface area contributed by atoms with Gasteiger partial charge < -0.3 is 14.4 Å². The van der Waals surface area contributed by atoms with E-state index in [-0.39, 0.29) is 6.10 Å². The van der Waals surface area contributed by atoms with Crippen LogP contribution < -0.4 is 9.64 Å². The van der Waals surface area contributed by atoms with Crippen LogP contribution in [0.2, 0.25) is 0 Å². The minimum atomic E-state index is 0.143. The van der Waals surface area contributed by atoms with E-state index in [2.05, 4.69) is 59.2 Å². The minimum Gasteiger partial charge on any atom is -0.495 e. The van der Waals surface area contributed by atoms with Crippen LogP contribution in [0.4, 0.5) is 5.69 Å². The van der Waals surface area contributed by atoms with Crippen molar-refractivity contribution in [3.8, 4) is 5.75 Å². The predicted molar refractivity (Wildman–Crippen MR) is 102 cm³/mol. The van der Waals surface area contributed by atoms with Crippen molar-refractivity contribution in [1.82, 2.24) is 4.90 Å². The average Bonchev–Trinajstić information content (AvgIpc) is 2.69. The van der Waals surface area contributed by atoms with Gasteiger partial charge in [0.2, 0.25) is 0 Å². The molecule has 1 fully saturated rings. The van der Waals surface area contributed by atoms with Gasteiger partial charge in [-0.2, -0.15) is 0 Å². The average molecular weight is 340 g/mol. The Balaban J connectivity index is 1.60. The maximum Gasteiger partial charge on any atom is 0.142 e. The Morgan fingerprint density at radius 2 is 1.60 bits per heavy atom. The molecule has 1 heterocycles. The second-order valence-corrected chi connectivity index (χ2v) is 6.31. The summed E-state index contributed by atoms with van der Waals surface area (Å²) in [7, 11) is 1.74. The minimum absolute atomic E-state index is 0.143. The SMILES string of the molecule is CCOC(CN1CCN(c2ccccc2OC)CC1)c1ccccc1. The number of piperazine rings is 1. The van der Waals surface area contributed by atoms with Crippen LogP contribution in [0.25, 0.3) is 0 Å². The molecule has 0 aliphatic carbocycles. The molecular weight excluding hydrogens is 312 g/mol. The van der Waals surface area contributed by atoms with Crippen LogP contribution in [0.3, 0.4) is 0 Å². The fraction of sp³-hybridized carbons (Fsp3) is 0.429. The number of hydrogen-bond acceptors (Lipinski definition) is 4. The smallest absolute Gasteiger partial charge is 0.142 e. The largest absolute Gasteiger partial charge is 0.495 e. The highest BCUT2D eigenvalue weighted by molar-refractivity contribution is 5.58. The van der Waals surface area contributed by atoms with E-state index in [0.29, 0.717) is 0 Å². The van der Waals surface area contributed by atoms with Crippen molar-refractivity contribution >= 4 is 5.69 Å². The predicted octanol–water partition coefficient (Wildman–Crippen LogP) is 3.60. The molecule has 1 saturated heterocycles. The molecule has 4 heteroatoms. The molecule has 3 rings (SSSR count). The molecule has 4 nitrogen and oxygen atoms in total. The zero-order chi connectivity index (χ0) is 17.5. The van der Waals surface area contributed by atoms with Crippen LogP contribution in [0.5, 0.6) is 5.75 Å². The number of methoxy groups -OCH3 is 1. The molecule has 0 spiro atoms. The molecule has 1 atom stereocenters. The van der Waals surface area contributed by atoms with Crippen molar-refractivity contribution in [3.63, 3.8) is 0 Å². The van der Waals surface area contributed by atoms with E-state index < -0.39 is 0 Å². The Kier molecular flexibility index (Phi) is 6.31. The standard InChI is InChI=1S/C21H28N2O2/c1-3-25-21(18-9-5-4-6-10-18)17-22-13-15-23(16-14-22)19-11-7-8-12-20(19)24-2/h4-12,21H,3,13-17H2,1-2H3. The summed E-state index contributed by atoms with van der Waals surface area (Å²) >= 11 is 0. The summed E-state index contributed by atoms with van der Waals surface area (Å²) in [6, 6.07) is 18.8. The molecule has 2 aromatic carbocycles. The molecule has 0 bridgehead atoms. The van der Waals surface area contributed by atoms with Gasteiger partial charge in [-0.05, 0) is 24.6 Å². The van der Waals surface area contributed by atoms with E-state index in [1.54, 1.807) is 7.11 Å². The first-order valence-corrected chi connectivity index (χ1v) is 9.08. The summed E-state index contributed by atoms with van der Waals surface area (Å²) < 4.78 is 11.5. The quantitative estimate of drug-likeness (QED) is 0.769. The first kappa shape index (κ1) is 17.8. The van der Waals surface area contributed by atoms with Gasteiger partial charge in [0.1, 0.15) is 5.75 Å². The highest BCUT2D eigenvalue weighted by Gasteiger charge is 2.22. The van der Waals surface area contributed by atoms with Crippen LogP contribution in [0.1, 0.15) is 18.6 Å². The second kappa shape index (κ2) is 8.88. The Morgan fingerprint density at radius 1 is 0.920 bits per heavy atom. The van der Waals surface area contributed by atoms with Crippen molar-refractivity contribution < 1.29 is 9.47 Å². The van der Waals surface area contributed by atoms with E-state index in [4.69, 9.17) is 9.47 Å². The third-order valence-electron chi connectivity index (χ3n) is 4.76. The summed E-state index contributed by atoms with van der Waals surface area (Å²) in [5, 5.41) is 0. The van der Waals surface area contributed by atoms with Crippen LogP contribution in [0, 0.1) is 0 Å². The number of para-hydroxylation sites is 2. The van der Waals surface area contributed by atoms with Gasteiger partial charge in [-0.1, -0.05) is 42.5 Å². The van der Waals surface area contributed by atoms with Crippen LogP contribution >= 0.6 is 0 Å². The van der Waals surface area contributed by atoms with Crippen molar-refractivity contribution in [1.29, 1.82) is 0 Å². The van der Waals surface area contributed by atoms with Crippen molar-refractivity contribution in [2.24, 2.45) is 0 Å². The van der Waals surface area contributed by atoms with Gasteiger partial charge in [-0.15, -0.1) is 0 Å². The molecule has 1 aliphatic rings. The van der Waals surface area contributed by atoms with Crippen molar-refractivity contribution in [3.05, 3.63) is 60.2 Å². The summed E-state index contributed by atoms with van der Waals surface area (Å²) in [5.41, 5.74) is 2.45. The number of hydrogen-bond donors (Lipinski definition) is 0. The summed E-state index contributed by atoms with van der Waals surface area (Å²) in [6.07, 6.45) is 0.143. The van der Waals surface area contributed by atoms with Gasteiger partial charge in [0.25, 0.3) is 0 Å². The van der Waals surface area contributed by atoms with E-state index in [0.717, 1.165) is 45.1 Å². The molecule has 0 aromatic heterocycles. The molecule has 1 aliphatic heterocycles.